The third-order valence-electron chi connectivity index (χ3n) is 3.71. The van der Waals surface area contributed by atoms with Gasteiger partial charge in [0.25, 0.3) is 0 Å². The van der Waals surface area contributed by atoms with Crippen LogP contribution in [0.5, 0.6) is 5.75 Å². The molecule has 0 fully saturated rings. The zero-order valence-electron chi connectivity index (χ0n) is 14.2. The SMILES string of the molecule is COc1ccc(CCNc2nccc(Nc3ccc(Cl)cc3Cl)n2)cc1. The number of benzene rings is 2. The van der Waals surface area contributed by atoms with Crippen LogP contribution in [0, 0.1) is 0 Å². The molecular weight excluding hydrogens is 371 g/mol. The Morgan fingerprint density at radius 2 is 1.85 bits per heavy atom. The Morgan fingerprint density at radius 1 is 1.04 bits per heavy atom. The number of nitrogens with one attached hydrogen (secondary N) is 2. The molecule has 5 nitrogen and oxygen atoms in total. The number of aromatic nitrogens is 2. The molecule has 3 aromatic rings. The summed E-state index contributed by atoms with van der Waals surface area (Å²) >= 11 is 12.1. The van der Waals surface area contributed by atoms with Crippen LogP contribution in [0.4, 0.5) is 17.5 Å². The van der Waals surface area contributed by atoms with Gasteiger partial charge in [0, 0.05) is 17.8 Å². The van der Waals surface area contributed by atoms with Crippen LogP contribution in [-0.4, -0.2) is 23.6 Å². The van der Waals surface area contributed by atoms with Crippen LogP contribution in [0.15, 0.2) is 54.7 Å². The summed E-state index contributed by atoms with van der Waals surface area (Å²) in [5.74, 6) is 2.05. The van der Waals surface area contributed by atoms with E-state index in [-0.39, 0.29) is 0 Å². The van der Waals surface area contributed by atoms with Gasteiger partial charge in [-0.2, -0.15) is 4.98 Å². The Morgan fingerprint density at radius 3 is 2.58 bits per heavy atom. The van der Waals surface area contributed by atoms with Crippen molar-refractivity contribution >= 4 is 40.7 Å². The molecule has 0 atom stereocenters. The first-order chi connectivity index (χ1) is 12.6. The highest BCUT2D eigenvalue weighted by Crippen LogP contribution is 2.27. The molecule has 0 saturated heterocycles. The van der Waals surface area contributed by atoms with Gasteiger partial charge < -0.3 is 15.4 Å². The first-order valence-corrected chi connectivity index (χ1v) is 8.81. The molecule has 0 amide bonds. The van der Waals surface area contributed by atoms with E-state index in [2.05, 4.69) is 20.6 Å². The van der Waals surface area contributed by atoms with Crippen LogP contribution >= 0.6 is 23.2 Å². The van der Waals surface area contributed by atoms with E-state index in [1.54, 1.807) is 31.5 Å². The van der Waals surface area contributed by atoms with Crippen molar-refractivity contribution in [3.63, 3.8) is 0 Å². The molecule has 0 aliphatic carbocycles. The van der Waals surface area contributed by atoms with Gasteiger partial charge in [-0.15, -0.1) is 0 Å². The lowest BCUT2D eigenvalue weighted by Crippen LogP contribution is -2.08. The standard InChI is InChI=1S/C19H18Cl2N4O/c1-26-15-5-2-13(3-6-15)8-10-22-19-23-11-9-18(25-19)24-17-7-4-14(20)12-16(17)21/h2-7,9,11-12H,8,10H2,1H3,(H2,22,23,24,25). The maximum atomic E-state index is 6.18. The minimum absolute atomic E-state index is 0.533. The van der Waals surface area contributed by atoms with Crippen LogP contribution in [-0.2, 0) is 6.42 Å². The van der Waals surface area contributed by atoms with E-state index in [4.69, 9.17) is 27.9 Å². The second-order valence-corrected chi connectivity index (χ2v) is 6.38. The number of anilines is 3. The van der Waals surface area contributed by atoms with Gasteiger partial charge in [0.15, 0.2) is 0 Å². The Labute approximate surface area is 162 Å². The Kier molecular flexibility index (Phi) is 6.15. The van der Waals surface area contributed by atoms with Crippen molar-refractivity contribution < 1.29 is 4.74 Å². The summed E-state index contributed by atoms with van der Waals surface area (Å²) < 4.78 is 5.16. The van der Waals surface area contributed by atoms with Crippen molar-refractivity contribution in [2.45, 2.75) is 6.42 Å². The van der Waals surface area contributed by atoms with E-state index >= 15 is 0 Å². The molecule has 26 heavy (non-hydrogen) atoms. The number of methoxy groups -OCH3 is 1. The smallest absolute Gasteiger partial charge is 0.224 e. The lowest BCUT2D eigenvalue weighted by Gasteiger charge is -2.10. The predicted octanol–water partition coefficient (Wildman–Crippen LogP) is 5.19. The van der Waals surface area contributed by atoms with Gasteiger partial charge >= 0.3 is 0 Å². The van der Waals surface area contributed by atoms with Crippen molar-refractivity contribution in [3.8, 4) is 5.75 Å². The van der Waals surface area contributed by atoms with Crippen LogP contribution in [0.1, 0.15) is 5.56 Å². The lowest BCUT2D eigenvalue weighted by molar-refractivity contribution is 0.414. The highest BCUT2D eigenvalue weighted by atomic mass is 35.5. The van der Waals surface area contributed by atoms with Crippen molar-refractivity contribution in [1.82, 2.24) is 9.97 Å². The molecule has 0 bridgehead atoms. The van der Waals surface area contributed by atoms with Gasteiger partial charge in [-0.25, -0.2) is 4.98 Å². The largest absolute Gasteiger partial charge is 0.497 e. The molecule has 0 saturated carbocycles. The third kappa shape index (κ3) is 5.00. The van der Waals surface area contributed by atoms with Gasteiger partial charge in [-0.05, 0) is 48.4 Å². The Balaban J connectivity index is 1.58. The van der Waals surface area contributed by atoms with Gasteiger partial charge in [-0.3, -0.25) is 0 Å². The summed E-state index contributed by atoms with van der Waals surface area (Å²) in [6.07, 6.45) is 2.54. The second-order valence-electron chi connectivity index (χ2n) is 5.54. The molecular formula is C19H18Cl2N4O. The van der Waals surface area contributed by atoms with E-state index in [0.29, 0.717) is 21.8 Å². The zero-order chi connectivity index (χ0) is 18.4. The summed E-state index contributed by atoms with van der Waals surface area (Å²) in [5.41, 5.74) is 1.94. The van der Waals surface area contributed by atoms with Gasteiger partial charge in [-0.1, -0.05) is 35.3 Å². The molecule has 0 spiro atoms. The molecule has 0 unspecified atom stereocenters. The van der Waals surface area contributed by atoms with Crippen molar-refractivity contribution in [2.24, 2.45) is 0 Å². The number of rotatable bonds is 7. The monoisotopic (exact) mass is 388 g/mol. The summed E-state index contributed by atoms with van der Waals surface area (Å²) in [5, 5.41) is 7.51. The van der Waals surface area contributed by atoms with E-state index in [1.165, 1.54) is 5.56 Å². The normalized spacial score (nSPS) is 10.4. The highest BCUT2D eigenvalue weighted by Gasteiger charge is 2.04. The van der Waals surface area contributed by atoms with Gasteiger partial charge in [0.2, 0.25) is 5.95 Å². The molecule has 0 aliphatic rings. The molecule has 2 aromatic carbocycles. The first-order valence-electron chi connectivity index (χ1n) is 8.06. The predicted molar refractivity (Wildman–Crippen MR) is 107 cm³/mol. The van der Waals surface area contributed by atoms with Crippen molar-refractivity contribution in [2.75, 3.05) is 24.3 Å². The maximum absolute atomic E-state index is 6.18. The highest BCUT2D eigenvalue weighted by molar-refractivity contribution is 6.36. The minimum atomic E-state index is 0.533. The number of hydrogen-bond donors (Lipinski definition) is 2. The summed E-state index contributed by atoms with van der Waals surface area (Å²) in [4.78, 5) is 8.68. The van der Waals surface area contributed by atoms with Crippen LogP contribution in [0.25, 0.3) is 0 Å². The fraction of sp³-hybridized carbons (Fsp3) is 0.158. The zero-order valence-corrected chi connectivity index (χ0v) is 15.7. The maximum Gasteiger partial charge on any atom is 0.224 e. The van der Waals surface area contributed by atoms with Crippen LogP contribution in [0.2, 0.25) is 10.0 Å². The fourth-order valence-corrected chi connectivity index (χ4v) is 2.81. The van der Waals surface area contributed by atoms with E-state index < -0.39 is 0 Å². The molecule has 1 heterocycles. The van der Waals surface area contributed by atoms with Crippen LogP contribution < -0.4 is 15.4 Å². The molecule has 0 radical (unpaired) electrons. The summed E-state index contributed by atoms with van der Waals surface area (Å²) in [7, 11) is 1.66. The average molecular weight is 389 g/mol. The van der Waals surface area contributed by atoms with E-state index in [0.717, 1.165) is 24.4 Å². The van der Waals surface area contributed by atoms with E-state index in [1.807, 2.05) is 30.3 Å². The Bertz CT molecular complexity index is 872. The number of nitrogens with zero attached hydrogens (tertiary/aromatic N) is 2. The molecule has 7 heteroatoms. The Hall–Kier alpha value is -2.50. The molecule has 3 rings (SSSR count). The summed E-state index contributed by atoms with van der Waals surface area (Å²) in [6, 6.07) is 15.0. The molecule has 2 N–H and O–H groups in total. The van der Waals surface area contributed by atoms with Gasteiger partial charge in [0.1, 0.15) is 11.6 Å². The number of ether oxygens (including phenoxy) is 1. The second kappa shape index (κ2) is 8.74. The third-order valence-corrected chi connectivity index (χ3v) is 4.25. The lowest BCUT2D eigenvalue weighted by atomic mass is 10.1. The van der Waals surface area contributed by atoms with Gasteiger partial charge in [0.05, 0.1) is 17.8 Å². The molecule has 1 aromatic heterocycles. The van der Waals surface area contributed by atoms with Crippen LogP contribution in [0.3, 0.4) is 0 Å². The molecule has 134 valence electrons. The minimum Gasteiger partial charge on any atom is -0.497 e. The number of halogens is 2. The first kappa shape index (κ1) is 18.3. The number of hydrogen-bond acceptors (Lipinski definition) is 5. The van der Waals surface area contributed by atoms with Crippen molar-refractivity contribution in [3.05, 3.63) is 70.3 Å². The summed E-state index contributed by atoms with van der Waals surface area (Å²) in [6.45, 7) is 0.720. The van der Waals surface area contributed by atoms with E-state index in [9.17, 15) is 0 Å². The fourth-order valence-electron chi connectivity index (χ4n) is 2.35. The topological polar surface area (TPSA) is 59.1 Å². The average Bonchev–Trinajstić information content (AvgIpc) is 2.65. The van der Waals surface area contributed by atoms with Crippen molar-refractivity contribution in [1.29, 1.82) is 0 Å². The quantitative estimate of drug-likeness (QED) is 0.582. The molecule has 0 aliphatic heterocycles.